The van der Waals surface area contributed by atoms with Crippen LogP contribution in [0.1, 0.15) is 16.1 Å². The number of hydrogen-bond acceptors (Lipinski definition) is 3. The van der Waals surface area contributed by atoms with Crippen molar-refractivity contribution < 1.29 is 4.79 Å². The van der Waals surface area contributed by atoms with E-state index in [1.165, 1.54) is 0 Å². The van der Waals surface area contributed by atoms with Gasteiger partial charge in [0.15, 0.2) is 0 Å². The molecule has 2 N–H and O–H groups in total. The molecule has 0 saturated carbocycles. The van der Waals surface area contributed by atoms with E-state index in [4.69, 9.17) is 0 Å². The van der Waals surface area contributed by atoms with Crippen molar-refractivity contribution in [2.45, 2.75) is 6.92 Å². The summed E-state index contributed by atoms with van der Waals surface area (Å²) in [6.07, 6.45) is 1.65. The van der Waals surface area contributed by atoms with Crippen molar-refractivity contribution in [1.29, 1.82) is 0 Å². The lowest BCUT2D eigenvalue weighted by atomic mass is 10.2. The lowest BCUT2D eigenvalue weighted by Crippen LogP contribution is -2.19. The maximum atomic E-state index is 11.4. The van der Waals surface area contributed by atoms with E-state index in [1.54, 1.807) is 26.4 Å². The second kappa shape index (κ2) is 3.89. The Labute approximate surface area is 77.4 Å². The van der Waals surface area contributed by atoms with Crippen LogP contribution in [0, 0.1) is 6.92 Å². The lowest BCUT2D eigenvalue weighted by molar-refractivity contribution is 0.0963. The quantitative estimate of drug-likeness (QED) is 0.705. The molecule has 0 radical (unpaired) electrons. The minimum atomic E-state index is -0.102. The number of carbonyl (C=O) groups is 1. The van der Waals surface area contributed by atoms with Crippen LogP contribution < -0.4 is 10.6 Å². The van der Waals surface area contributed by atoms with Crippen LogP contribution in [0.5, 0.6) is 0 Å². The number of amides is 1. The first-order valence-corrected chi connectivity index (χ1v) is 4.05. The number of nitrogens with one attached hydrogen (secondary N) is 2. The Kier molecular flexibility index (Phi) is 2.84. The molecule has 4 nitrogen and oxygen atoms in total. The summed E-state index contributed by atoms with van der Waals surface area (Å²) in [5, 5.41) is 5.49. The maximum Gasteiger partial charge on any atom is 0.253 e. The highest BCUT2D eigenvalue weighted by molar-refractivity contribution is 5.99. The van der Waals surface area contributed by atoms with Crippen LogP contribution in [0.2, 0.25) is 0 Å². The Bertz CT molecular complexity index is 323. The van der Waals surface area contributed by atoms with Gasteiger partial charge < -0.3 is 10.6 Å². The fourth-order valence-electron chi connectivity index (χ4n) is 1.08. The molecule has 0 unspecified atom stereocenters. The van der Waals surface area contributed by atoms with Gasteiger partial charge in [-0.2, -0.15) is 0 Å². The summed E-state index contributed by atoms with van der Waals surface area (Å²) in [5.74, 6) is -0.102. The number of aryl methyl sites for hydroxylation is 1. The highest BCUT2D eigenvalue weighted by Crippen LogP contribution is 2.13. The summed E-state index contributed by atoms with van der Waals surface area (Å²) in [7, 11) is 3.37. The normalized spacial score (nSPS) is 9.46. The molecule has 1 amide bonds. The number of aromatic nitrogens is 1. The number of pyridine rings is 1. The zero-order valence-corrected chi connectivity index (χ0v) is 8.01. The minimum Gasteiger partial charge on any atom is -0.386 e. The summed E-state index contributed by atoms with van der Waals surface area (Å²) < 4.78 is 0. The molecule has 4 heteroatoms. The molecule has 1 aromatic rings. The van der Waals surface area contributed by atoms with Crippen LogP contribution in [0.3, 0.4) is 0 Å². The zero-order chi connectivity index (χ0) is 9.84. The number of carbonyl (C=O) groups excluding carboxylic acids is 1. The predicted molar refractivity (Wildman–Crippen MR) is 51.9 cm³/mol. The number of anilines is 1. The molecule has 70 valence electrons. The van der Waals surface area contributed by atoms with Gasteiger partial charge in [0.25, 0.3) is 5.91 Å². The predicted octanol–water partition coefficient (Wildman–Crippen LogP) is 0.791. The van der Waals surface area contributed by atoms with Crippen molar-refractivity contribution in [3.05, 3.63) is 23.5 Å². The molecular weight excluding hydrogens is 166 g/mol. The van der Waals surface area contributed by atoms with E-state index < -0.39 is 0 Å². The van der Waals surface area contributed by atoms with Crippen molar-refractivity contribution >= 4 is 11.6 Å². The topological polar surface area (TPSA) is 54.0 Å². The van der Waals surface area contributed by atoms with E-state index >= 15 is 0 Å². The molecule has 0 saturated heterocycles. The van der Waals surface area contributed by atoms with Crippen LogP contribution in [-0.2, 0) is 0 Å². The summed E-state index contributed by atoms with van der Waals surface area (Å²) in [6.45, 7) is 1.85. The van der Waals surface area contributed by atoms with E-state index in [9.17, 15) is 4.79 Å². The molecule has 1 heterocycles. The molecule has 0 aliphatic rings. The van der Waals surface area contributed by atoms with Gasteiger partial charge in [0, 0.05) is 19.8 Å². The number of rotatable bonds is 2. The molecule has 0 bridgehead atoms. The lowest BCUT2D eigenvalue weighted by Gasteiger charge is -2.07. The maximum absolute atomic E-state index is 11.4. The van der Waals surface area contributed by atoms with Crippen molar-refractivity contribution in [2.24, 2.45) is 0 Å². The monoisotopic (exact) mass is 179 g/mol. The Balaban J connectivity index is 3.15. The summed E-state index contributed by atoms with van der Waals surface area (Å²) in [4.78, 5) is 15.5. The standard InChI is InChI=1S/C9H13N3O/c1-6-4-7(9(13)11-3)8(10-2)5-12-6/h4-5,10H,1-3H3,(H,11,13). The highest BCUT2D eigenvalue weighted by Gasteiger charge is 2.08. The molecule has 0 atom stereocenters. The number of hydrogen-bond donors (Lipinski definition) is 2. The van der Waals surface area contributed by atoms with Gasteiger partial charge in [-0.15, -0.1) is 0 Å². The van der Waals surface area contributed by atoms with Crippen LogP contribution >= 0.6 is 0 Å². The Hall–Kier alpha value is -1.58. The van der Waals surface area contributed by atoms with E-state index in [0.717, 1.165) is 11.4 Å². The first-order chi connectivity index (χ1) is 6.19. The molecule has 0 spiro atoms. The van der Waals surface area contributed by atoms with E-state index in [-0.39, 0.29) is 5.91 Å². The Morgan fingerprint density at radius 2 is 2.15 bits per heavy atom. The summed E-state index contributed by atoms with van der Waals surface area (Å²) in [6, 6.07) is 1.75. The van der Waals surface area contributed by atoms with Gasteiger partial charge in [0.05, 0.1) is 17.4 Å². The fraction of sp³-hybridized carbons (Fsp3) is 0.333. The first-order valence-electron chi connectivity index (χ1n) is 4.05. The molecule has 0 aromatic carbocycles. The van der Waals surface area contributed by atoms with Gasteiger partial charge in [0.1, 0.15) is 0 Å². The van der Waals surface area contributed by atoms with Crippen LogP contribution in [0.25, 0.3) is 0 Å². The van der Waals surface area contributed by atoms with E-state index in [0.29, 0.717) is 5.56 Å². The number of nitrogens with zero attached hydrogens (tertiary/aromatic N) is 1. The third-order valence-electron chi connectivity index (χ3n) is 1.78. The summed E-state index contributed by atoms with van der Waals surface area (Å²) >= 11 is 0. The first kappa shape index (κ1) is 9.51. The molecule has 0 aliphatic heterocycles. The smallest absolute Gasteiger partial charge is 0.253 e. The Morgan fingerprint density at radius 1 is 1.46 bits per heavy atom. The average Bonchev–Trinajstić information content (AvgIpc) is 2.16. The molecule has 1 aromatic heterocycles. The SMILES string of the molecule is CNC(=O)c1cc(C)ncc1NC. The largest absolute Gasteiger partial charge is 0.386 e. The second-order valence-corrected chi connectivity index (χ2v) is 2.70. The van der Waals surface area contributed by atoms with Gasteiger partial charge in [-0.25, -0.2) is 0 Å². The molecule has 0 aliphatic carbocycles. The molecular formula is C9H13N3O. The van der Waals surface area contributed by atoms with Crippen LogP contribution in [0.15, 0.2) is 12.3 Å². The third-order valence-corrected chi connectivity index (χ3v) is 1.78. The van der Waals surface area contributed by atoms with Crippen molar-refractivity contribution in [3.63, 3.8) is 0 Å². The van der Waals surface area contributed by atoms with Crippen LogP contribution in [0.4, 0.5) is 5.69 Å². The highest BCUT2D eigenvalue weighted by atomic mass is 16.1. The minimum absolute atomic E-state index is 0.102. The van der Waals surface area contributed by atoms with Crippen molar-refractivity contribution in [2.75, 3.05) is 19.4 Å². The third kappa shape index (κ3) is 1.96. The zero-order valence-electron chi connectivity index (χ0n) is 8.01. The molecule has 0 fully saturated rings. The van der Waals surface area contributed by atoms with Crippen LogP contribution in [-0.4, -0.2) is 25.0 Å². The van der Waals surface area contributed by atoms with E-state index in [2.05, 4.69) is 15.6 Å². The van der Waals surface area contributed by atoms with Gasteiger partial charge in [-0.3, -0.25) is 9.78 Å². The van der Waals surface area contributed by atoms with Crippen molar-refractivity contribution in [1.82, 2.24) is 10.3 Å². The van der Waals surface area contributed by atoms with E-state index in [1.807, 2.05) is 6.92 Å². The van der Waals surface area contributed by atoms with Gasteiger partial charge in [0.2, 0.25) is 0 Å². The average molecular weight is 179 g/mol. The van der Waals surface area contributed by atoms with Gasteiger partial charge in [-0.05, 0) is 13.0 Å². The molecule has 13 heavy (non-hydrogen) atoms. The fourth-order valence-corrected chi connectivity index (χ4v) is 1.08. The van der Waals surface area contributed by atoms with Crippen molar-refractivity contribution in [3.8, 4) is 0 Å². The Morgan fingerprint density at radius 3 is 2.69 bits per heavy atom. The summed E-state index contributed by atoms with van der Waals surface area (Å²) in [5.41, 5.74) is 2.19. The van der Waals surface area contributed by atoms with Gasteiger partial charge >= 0.3 is 0 Å². The second-order valence-electron chi connectivity index (χ2n) is 2.70. The van der Waals surface area contributed by atoms with Gasteiger partial charge in [-0.1, -0.05) is 0 Å². The molecule has 1 rings (SSSR count).